The van der Waals surface area contributed by atoms with Crippen molar-refractivity contribution in [2.45, 2.75) is 428 Å². The summed E-state index contributed by atoms with van der Waals surface area (Å²) in [4.78, 5) is 0. The largest absolute Gasteiger partial charge is 0.0998 e. The molecule has 19 rings (SSSR count). The number of rotatable bonds is 14. The molecule has 0 aromatic carbocycles. The second kappa shape index (κ2) is 56.4. The van der Waals surface area contributed by atoms with Crippen molar-refractivity contribution in [3.05, 3.63) is 286 Å². The van der Waals surface area contributed by atoms with E-state index in [4.69, 9.17) is 0 Å². The number of fused-ring (bicyclic) bond motifs is 8. The van der Waals surface area contributed by atoms with Crippen LogP contribution in [0, 0.1) is 133 Å². The maximum Gasteiger partial charge on any atom is -0.0116 e. The average Bonchev–Trinajstić information content (AvgIpc) is 1.55. The highest BCUT2D eigenvalue weighted by atomic mass is 14.7. The van der Waals surface area contributed by atoms with Crippen molar-refractivity contribution < 1.29 is 0 Å². The molecule has 19 aliphatic carbocycles. The summed E-state index contributed by atoms with van der Waals surface area (Å²) in [6, 6.07) is 0. The van der Waals surface area contributed by atoms with Crippen molar-refractivity contribution in [3.63, 3.8) is 0 Å². The van der Waals surface area contributed by atoms with E-state index in [2.05, 4.69) is 379 Å². The Labute approximate surface area is 841 Å². The predicted molar refractivity (Wildman–Crippen MR) is 613 cm³/mol. The smallest absolute Gasteiger partial charge is 0.0116 e. The van der Waals surface area contributed by atoms with Crippen LogP contribution in [0.2, 0.25) is 0 Å². The van der Waals surface area contributed by atoms with E-state index >= 15 is 0 Å². The highest BCUT2D eigenvalue weighted by Crippen LogP contribution is 2.70. The van der Waals surface area contributed by atoms with Crippen LogP contribution in [0.5, 0.6) is 0 Å². The minimum atomic E-state index is 0.475. The number of allylic oxidation sites excluding steroid dienone is 38. The summed E-state index contributed by atoms with van der Waals surface area (Å²) < 4.78 is 0. The molecule has 0 heterocycles. The van der Waals surface area contributed by atoms with E-state index in [9.17, 15) is 0 Å². The first-order valence-corrected chi connectivity index (χ1v) is 54.8. The van der Waals surface area contributed by atoms with Gasteiger partial charge in [0.25, 0.3) is 0 Å². The van der Waals surface area contributed by atoms with E-state index in [-0.39, 0.29) is 0 Å². The van der Waals surface area contributed by atoms with Gasteiger partial charge in [-0.3, -0.25) is 0 Å². The summed E-state index contributed by atoms with van der Waals surface area (Å²) in [5.74, 6) is 15.2. The standard InChI is InChI=1S/13C10H16.C5H8/c1-7-8-4-5-9(6-8)10(7,2)3;2*1-7-4-5-8-6-9(7)10(8,2)3;1-7-4-5-8-9(6-7)10(8,2)3;2*1-7(2)10-5-4-8(3)9(10)6-10;5*1-8(2)10-6-4-9(3)5-7-10;2*1-5-10(4)8-6-7-9(2)3;1-4-5(2)3/h8-9H,1,4-6H2,2-3H3;4,8-9H,5-6H2,1-3H3;8-9H,1,4-6H2,2-3H3;4,8-9H,5-6H2,1-3H3;4,7,9H,5-6H2,1-3H3;7,9H,3-6H2,1-2H3;4H,5-7H2,1-3H3;4,7-8H,5-6H2,1-3H3;4,6,8H,5,7H2,1-3H3;4,6,8,10H,3,5,7H2,1-2H3;4,10H,1,5-7H2,2-3H3;5,7-8H,1,6H2,2-4H3;5,7H,1,4,6,8H2,2-3H3;4H,1-2H2,3H3/b;;;;;;;;;;;10-8+;;. The zero-order valence-electron chi connectivity index (χ0n) is 95.4. The quantitative estimate of drug-likeness (QED) is 0.120. The predicted octanol–water partition coefficient (Wildman–Crippen LogP) is 43.2. The van der Waals surface area contributed by atoms with Crippen LogP contribution in [-0.2, 0) is 0 Å². The van der Waals surface area contributed by atoms with Crippen LogP contribution < -0.4 is 0 Å². The zero-order valence-corrected chi connectivity index (χ0v) is 95.4. The Morgan fingerprint density at radius 2 is 1.03 bits per heavy atom. The molecule has 0 radical (unpaired) electrons. The first-order valence-electron chi connectivity index (χ1n) is 54.8. The van der Waals surface area contributed by atoms with Gasteiger partial charge in [0.2, 0.25) is 0 Å². The maximum absolute atomic E-state index is 4.19. The van der Waals surface area contributed by atoms with Crippen LogP contribution in [0.4, 0.5) is 0 Å². The van der Waals surface area contributed by atoms with Gasteiger partial charge in [-0.05, 0) is 436 Å². The molecular weight excluding hydrogens is 1620 g/mol. The van der Waals surface area contributed by atoms with Crippen LogP contribution in [-0.4, -0.2) is 0 Å². The summed E-state index contributed by atoms with van der Waals surface area (Å²) in [5, 5.41) is 0. The van der Waals surface area contributed by atoms with E-state index in [1.54, 1.807) is 50.7 Å². The monoisotopic (exact) mass is 1840 g/mol. The van der Waals surface area contributed by atoms with Crippen molar-refractivity contribution in [2.24, 2.45) is 133 Å². The molecule has 0 aromatic rings. The molecule has 6 bridgehead atoms. The van der Waals surface area contributed by atoms with Gasteiger partial charge in [0.1, 0.15) is 0 Å². The van der Waals surface area contributed by atoms with Gasteiger partial charge in [-0.2, -0.15) is 0 Å². The lowest BCUT2D eigenvalue weighted by Crippen LogP contribution is -2.48. The lowest BCUT2D eigenvalue weighted by Gasteiger charge is -2.57. The van der Waals surface area contributed by atoms with Crippen molar-refractivity contribution in [3.8, 4) is 0 Å². The molecule has 0 nitrogen and oxygen atoms in total. The summed E-state index contributed by atoms with van der Waals surface area (Å²) >= 11 is 0. The number of hydrogen-bond donors (Lipinski definition) is 0. The molecule has 14 unspecified atom stereocenters. The normalized spacial score (nSPS) is 28.8. The molecule has 0 spiro atoms. The Balaban J connectivity index is 0.000000304. The lowest BCUT2D eigenvalue weighted by molar-refractivity contribution is -0.0273. The Morgan fingerprint density at radius 1 is 0.452 bits per heavy atom. The van der Waals surface area contributed by atoms with Crippen LogP contribution >= 0.6 is 0 Å². The van der Waals surface area contributed by atoms with Gasteiger partial charge in [-0.15, -0.1) is 0 Å². The third kappa shape index (κ3) is 38.3. The fraction of sp³-hybridized carbons (Fsp3) is 0.644. The molecule has 135 heavy (non-hydrogen) atoms. The second-order valence-electron chi connectivity index (χ2n) is 50.0. The molecule has 0 aliphatic heterocycles. The fourth-order valence-electron chi connectivity index (χ4n) is 23.5. The first-order chi connectivity index (χ1) is 62.9. The summed E-state index contributed by atoms with van der Waals surface area (Å²) in [5.41, 5.74) is 34.7. The van der Waals surface area contributed by atoms with Gasteiger partial charge in [-0.25, -0.2) is 0 Å². The van der Waals surface area contributed by atoms with E-state index in [0.717, 1.165) is 142 Å². The van der Waals surface area contributed by atoms with E-state index < -0.39 is 0 Å². The molecule has 10 saturated carbocycles. The topological polar surface area (TPSA) is 0 Å². The molecule has 0 amide bonds. The maximum atomic E-state index is 4.19. The van der Waals surface area contributed by atoms with Crippen LogP contribution in [0.25, 0.3) is 0 Å². The van der Waals surface area contributed by atoms with Crippen LogP contribution in [0.3, 0.4) is 0 Å². The number of hydrogen-bond acceptors (Lipinski definition) is 0. The van der Waals surface area contributed by atoms with Gasteiger partial charge >= 0.3 is 0 Å². The highest BCUT2D eigenvalue weighted by molar-refractivity contribution is 5.32. The van der Waals surface area contributed by atoms with E-state index in [0.29, 0.717) is 21.7 Å². The molecule has 0 saturated heterocycles. The Kier molecular flexibility index (Phi) is 50.6. The van der Waals surface area contributed by atoms with Crippen molar-refractivity contribution in [1.82, 2.24) is 0 Å². The van der Waals surface area contributed by atoms with Gasteiger partial charge in [0.05, 0.1) is 0 Å². The average molecular weight is 1840 g/mol. The molecule has 19 aliphatic rings. The molecule has 10 fully saturated rings. The highest BCUT2D eigenvalue weighted by Gasteiger charge is 2.61. The Morgan fingerprint density at radius 3 is 1.37 bits per heavy atom. The molecule has 14 atom stereocenters. The van der Waals surface area contributed by atoms with Gasteiger partial charge in [-0.1, -0.05) is 411 Å². The molecule has 0 aromatic heterocycles. The SMILES string of the molecule is C=C(C)C1CC=C(C)CC1.C=C/C(C)=C/CC=C(C)C.C=C1C2CCC(C2)C1(C)C.C=C1C=CC(C(C)C)CC1.C=C1CCC2(C(C)C)CC12.C=C1CCC2CC1C2(C)C.C=CC(=C)C.C=CC(=C)CCC=C(C)C.CC1=CC=C(C(C)C)CC1.CC1=CCC(=C(C)C)CC1.CC1=CCC(C(C)C)=CC1.CC1=CCC2(C(C)C)CC12.CC1=CCC2C(C1)C2(C)C.CC1=CCC2CC1C2(C)C. The third-order valence-corrected chi connectivity index (χ3v) is 36.1. The van der Waals surface area contributed by atoms with Crippen molar-refractivity contribution in [1.29, 1.82) is 0 Å². The molecule has 0 N–H and O–H groups in total. The third-order valence-electron chi connectivity index (χ3n) is 36.1. The molecule has 756 valence electrons. The first kappa shape index (κ1) is 121. The van der Waals surface area contributed by atoms with Crippen LogP contribution in [0.1, 0.15) is 428 Å². The summed E-state index contributed by atoms with van der Waals surface area (Å²) in [6.07, 6.45) is 76.9. The van der Waals surface area contributed by atoms with E-state index in [1.165, 1.54) is 235 Å². The Bertz CT molecular complexity index is 4390. The van der Waals surface area contributed by atoms with Crippen molar-refractivity contribution in [2.75, 3.05) is 0 Å². The summed E-state index contributed by atoms with van der Waals surface area (Å²) in [7, 11) is 0. The van der Waals surface area contributed by atoms with Gasteiger partial charge in [0.15, 0.2) is 0 Å². The lowest BCUT2D eigenvalue weighted by atomic mass is 9.47. The minimum absolute atomic E-state index is 0.475. The van der Waals surface area contributed by atoms with E-state index in [1.807, 2.05) is 19.1 Å². The molecule has 0 heteroatoms. The fourth-order valence-corrected chi connectivity index (χ4v) is 23.5. The minimum Gasteiger partial charge on any atom is -0.0998 e. The van der Waals surface area contributed by atoms with Crippen molar-refractivity contribution >= 4 is 0 Å². The van der Waals surface area contributed by atoms with Gasteiger partial charge < -0.3 is 0 Å². The second-order valence-corrected chi connectivity index (χ2v) is 50.0. The summed E-state index contributed by atoms with van der Waals surface area (Å²) in [6.45, 7) is 115. The van der Waals surface area contributed by atoms with Gasteiger partial charge in [0, 0.05) is 0 Å². The van der Waals surface area contributed by atoms with Crippen LogP contribution in [0.15, 0.2) is 286 Å². The zero-order chi connectivity index (χ0) is 102. The molecular formula is C135H216. The Hall–Kier alpha value is -6.24.